The van der Waals surface area contributed by atoms with Crippen LogP contribution in [0.4, 0.5) is 5.82 Å². The van der Waals surface area contributed by atoms with Gasteiger partial charge in [0.1, 0.15) is 5.82 Å². The molecular formula is C13H15N3O4. The van der Waals surface area contributed by atoms with Crippen LogP contribution in [-0.2, 0) is 9.59 Å². The molecule has 1 saturated heterocycles. The third kappa shape index (κ3) is 2.93. The number of nitrogens with zero attached hydrogens (tertiary/aromatic N) is 2. The highest BCUT2D eigenvalue weighted by atomic mass is 16.4. The first kappa shape index (κ1) is 14.0. The maximum absolute atomic E-state index is 12.0. The smallest absolute Gasteiger partial charge is 0.354 e. The lowest BCUT2D eigenvalue weighted by Crippen LogP contribution is -2.28. The standard InChI is InChI=1S/C13H15N3O4/c1-2-16-7-8(6-11(16)17)12(18)15-10-5-3-4-9(14-10)13(19)20/h3-5,8H,2,6-7H2,1H3,(H,19,20)(H,14,15,18). The average Bonchev–Trinajstić information content (AvgIpc) is 2.80. The van der Waals surface area contributed by atoms with Crippen LogP contribution >= 0.6 is 0 Å². The first-order chi connectivity index (χ1) is 9.51. The number of carboxylic acid groups (broad SMARTS) is 1. The highest BCUT2D eigenvalue weighted by Crippen LogP contribution is 2.19. The molecule has 1 unspecified atom stereocenters. The second kappa shape index (κ2) is 5.68. The Bertz CT molecular complexity index is 558. The van der Waals surface area contributed by atoms with Crippen molar-refractivity contribution in [1.29, 1.82) is 0 Å². The van der Waals surface area contributed by atoms with Crippen LogP contribution < -0.4 is 5.32 Å². The van der Waals surface area contributed by atoms with E-state index in [4.69, 9.17) is 5.11 Å². The van der Waals surface area contributed by atoms with E-state index in [1.807, 2.05) is 6.92 Å². The van der Waals surface area contributed by atoms with E-state index in [9.17, 15) is 14.4 Å². The molecule has 2 N–H and O–H groups in total. The van der Waals surface area contributed by atoms with E-state index in [-0.39, 0.29) is 29.7 Å². The topological polar surface area (TPSA) is 99.6 Å². The zero-order valence-corrected chi connectivity index (χ0v) is 11.0. The van der Waals surface area contributed by atoms with Crippen LogP contribution in [0.2, 0.25) is 0 Å². The molecule has 0 radical (unpaired) electrons. The van der Waals surface area contributed by atoms with Crippen molar-refractivity contribution in [3.05, 3.63) is 23.9 Å². The Hall–Kier alpha value is -2.44. The molecule has 0 aliphatic carbocycles. The maximum Gasteiger partial charge on any atom is 0.354 e. The monoisotopic (exact) mass is 277 g/mol. The SMILES string of the molecule is CCN1CC(C(=O)Nc2cccc(C(=O)O)n2)CC1=O. The van der Waals surface area contributed by atoms with Gasteiger partial charge in [0.2, 0.25) is 11.8 Å². The molecule has 1 aliphatic rings. The molecule has 0 aromatic carbocycles. The zero-order chi connectivity index (χ0) is 14.7. The zero-order valence-electron chi connectivity index (χ0n) is 11.0. The van der Waals surface area contributed by atoms with Gasteiger partial charge in [-0.15, -0.1) is 0 Å². The Balaban J connectivity index is 2.03. The number of carboxylic acids is 1. The Morgan fingerprint density at radius 1 is 1.50 bits per heavy atom. The van der Waals surface area contributed by atoms with Crippen molar-refractivity contribution in [1.82, 2.24) is 9.88 Å². The Kier molecular flexibility index (Phi) is 3.97. The Labute approximate surface area is 115 Å². The molecule has 1 atom stereocenters. The molecule has 20 heavy (non-hydrogen) atoms. The number of rotatable bonds is 4. The first-order valence-electron chi connectivity index (χ1n) is 6.30. The van der Waals surface area contributed by atoms with Crippen molar-refractivity contribution in [2.24, 2.45) is 5.92 Å². The van der Waals surface area contributed by atoms with E-state index in [1.165, 1.54) is 18.2 Å². The lowest BCUT2D eigenvalue weighted by Gasteiger charge is -2.13. The van der Waals surface area contributed by atoms with Crippen LogP contribution in [0.1, 0.15) is 23.8 Å². The van der Waals surface area contributed by atoms with Crippen molar-refractivity contribution >= 4 is 23.6 Å². The second-order valence-electron chi connectivity index (χ2n) is 4.54. The van der Waals surface area contributed by atoms with Gasteiger partial charge in [-0.1, -0.05) is 6.07 Å². The molecular weight excluding hydrogens is 262 g/mol. The summed E-state index contributed by atoms with van der Waals surface area (Å²) in [6, 6.07) is 4.36. The molecule has 2 amide bonds. The molecule has 7 heteroatoms. The number of anilines is 1. The lowest BCUT2D eigenvalue weighted by molar-refractivity contribution is -0.128. The minimum absolute atomic E-state index is 0.0418. The quantitative estimate of drug-likeness (QED) is 0.839. The normalized spacial score (nSPS) is 18.1. The number of carbonyl (C=O) groups is 3. The number of aromatic carboxylic acids is 1. The van der Waals surface area contributed by atoms with Gasteiger partial charge in [0.05, 0.1) is 5.92 Å². The number of amides is 2. The lowest BCUT2D eigenvalue weighted by atomic mass is 10.1. The molecule has 2 heterocycles. The summed E-state index contributed by atoms with van der Waals surface area (Å²) in [4.78, 5) is 39.8. The van der Waals surface area contributed by atoms with Gasteiger partial charge < -0.3 is 15.3 Å². The largest absolute Gasteiger partial charge is 0.477 e. The van der Waals surface area contributed by atoms with E-state index in [0.29, 0.717) is 13.1 Å². The molecule has 2 rings (SSSR count). The first-order valence-corrected chi connectivity index (χ1v) is 6.30. The summed E-state index contributed by atoms with van der Waals surface area (Å²) < 4.78 is 0. The van der Waals surface area contributed by atoms with Gasteiger partial charge in [0.25, 0.3) is 0 Å². The molecule has 0 saturated carbocycles. The van der Waals surface area contributed by atoms with E-state index < -0.39 is 11.9 Å². The molecule has 1 aromatic heterocycles. The van der Waals surface area contributed by atoms with E-state index in [2.05, 4.69) is 10.3 Å². The summed E-state index contributed by atoms with van der Waals surface area (Å²) >= 11 is 0. The highest BCUT2D eigenvalue weighted by Gasteiger charge is 2.33. The number of likely N-dealkylation sites (tertiary alicyclic amines) is 1. The minimum Gasteiger partial charge on any atom is -0.477 e. The van der Waals surface area contributed by atoms with Crippen LogP contribution in [0.3, 0.4) is 0 Å². The molecule has 1 aliphatic heterocycles. The number of aromatic nitrogens is 1. The molecule has 0 bridgehead atoms. The molecule has 0 spiro atoms. The number of nitrogens with one attached hydrogen (secondary N) is 1. The van der Waals surface area contributed by atoms with Crippen LogP contribution in [0, 0.1) is 5.92 Å². The van der Waals surface area contributed by atoms with Crippen molar-refractivity contribution in [3.63, 3.8) is 0 Å². The van der Waals surface area contributed by atoms with Crippen molar-refractivity contribution in [2.75, 3.05) is 18.4 Å². The predicted octanol–water partition coefficient (Wildman–Crippen LogP) is 0.587. The number of hydrogen-bond acceptors (Lipinski definition) is 4. The Morgan fingerprint density at radius 2 is 2.25 bits per heavy atom. The summed E-state index contributed by atoms with van der Waals surface area (Å²) in [5, 5.41) is 11.4. The highest BCUT2D eigenvalue weighted by molar-refractivity contribution is 5.97. The third-order valence-corrected chi connectivity index (χ3v) is 3.19. The fraction of sp³-hybridized carbons (Fsp3) is 0.385. The van der Waals surface area contributed by atoms with Crippen molar-refractivity contribution in [3.8, 4) is 0 Å². The van der Waals surface area contributed by atoms with Crippen LogP contribution in [0.15, 0.2) is 18.2 Å². The number of pyridine rings is 1. The Morgan fingerprint density at radius 3 is 2.85 bits per heavy atom. The van der Waals surface area contributed by atoms with Crippen molar-refractivity contribution in [2.45, 2.75) is 13.3 Å². The summed E-state index contributed by atoms with van der Waals surface area (Å²) in [7, 11) is 0. The van der Waals surface area contributed by atoms with Gasteiger partial charge in [-0.25, -0.2) is 9.78 Å². The third-order valence-electron chi connectivity index (χ3n) is 3.19. The fourth-order valence-corrected chi connectivity index (χ4v) is 2.11. The van der Waals surface area contributed by atoms with Gasteiger partial charge in [-0.3, -0.25) is 9.59 Å². The molecule has 106 valence electrons. The summed E-state index contributed by atoms with van der Waals surface area (Å²) in [6.45, 7) is 2.82. The maximum atomic E-state index is 12.0. The van der Waals surface area contributed by atoms with Gasteiger partial charge >= 0.3 is 5.97 Å². The van der Waals surface area contributed by atoms with E-state index >= 15 is 0 Å². The number of hydrogen-bond donors (Lipinski definition) is 2. The average molecular weight is 277 g/mol. The van der Waals surface area contributed by atoms with E-state index in [1.54, 1.807) is 4.90 Å². The van der Waals surface area contributed by atoms with Crippen LogP contribution in [0.25, 0.3) is 0 Å². The van der Waals surface area contributed by atoms with Crippen LogP contribution in [0.5, 0.6) is 0 Å². The van der Waals surface area contributed by atoms with E-state index in [0.717, 1.165) is 0 Å². The summed E-state index contributed by atoms with van der Waals surface area (Å²) in [5.74, 6) is -1.76. The van der Waals surface area contributed by atoms with Gasteiger partial charge in [0.15, 0.2) is 5.69 Å². The fourth-order valence-electron chi connectivity index (χ4n) is 2.11. The summed E-state index contributed by atoms with van der Waals surface area (Å²) in [5.41, 5.74) is -0.138. The second-order valence-corrected chi connectivity index (χ2v) is 4.54. The van der Waals surface area contributed by atoms with Gasteiger partial charge in [-0.05, 0) is 19.1 Å². The minimum atomic E-state index is -1.16. The number of carbonyl (C=O) groups excluding carboxylic acids is 2. The molecule has 1 aromatic rings. The predicted molar refractivity (Wildman–Crippen MR) is 70.2 cm³/mol. The van der Waals surface area contributed by atoms with Gasteiger partial charge in [-0.2, -0.15) is 0 Å². The molecule has 1 fully saturated rings. The van der Waals surface area contributed by atoms with Crippen molar-refractivity contribution < 1.29 is 19.5 Å². The summed E-state index contributed by atoms with van der Waals surface area (Å²) in [6.07, 6.45) is 0.179. The van der Waals surface area contributed by atoms with Gasteiger partial charge in [0, 0.05) is 19.5 Å². The molecule has 7 nitrogen and oxygen atoms in total. The van der Waals surface area contributed by atoms with Crippen LogP contribution in [-0.4, -0.2) is 45.9 Å².